The number of rotatable bonds is 7. The van der Waals surface area contributed by atoms with E-state index in [-0.39, 0.29) is 24.2 Å². The molecule has 1 saturated carbocycles. The van der Waals surface area contributed by atoms with Crippen molar-refractivity contribution < 1.29 is 4.79 Å². The third-order valence-electron chi connectivity index (χ3n) is 3.72. The summed E-state index contributed by atoms with van der Waals surface area (Å²) in [7, 11) is 0. The first-order chi connectivity index (χ1) is 9.26. The molecular weight excluding hydrogens is 272 g/mol. The highest BCUT2D eigenvalue weighted by atomic mass is 35.5. The first-order valence-electron chi connectivity index (χ1n) is 7.30. The lowest BCUT2D eigenvalue weighted by Crippen LogP contribution is -2.39. The van der Waals surface area contributed by atoms with Gasteiger partial charge in [-0.25, -0.2) is 0 Å². The van der Waals surface area contributed by atoms with Crippen LogP contribution in [0.3, 0.4) is 0 Å². The van der Waals surface area contributed by atoms with Crippen LogP contribution in [0.5, 0.6) is 0 Å². The number of nitrogens with zero attached hydrogens (tertiary/aromatic N) is 1. The van der Waals surface area contributed by atoms with Gasteiger partial charge in [-0.1, -0.05) is 37.3 Å². The normalized spacial score (nSPS) is 15.3. The van der Waals surface area contributed by atoms with Crippen molar-refractivity contribution in [2.24, 2.45) is 11.7 Å². The minimum absolute atomic E-state index is 0. The average Bonchev–Trinajstić information content (AvgIpc) is 3.24. The average molecular weight is 297 g/mol. The van der Waals surface area contributed by atoms with E-state index < -0.39 is 0 Å². The Bertz CT molecular complexity index is 406. The first kappa shape index (κ1) is 17.0. The van der Waals surface area contributed by atoms with E-state index in [9.17, 15) is 4.79 Å². The summed E-state index contributed by atoms with van der Waals surface area (Å²) in [5, 5.41) is 0. The first-order valence-corrected chi connectivity index (χ1v) is 7.30. The number of benzene rings is 1. The Hall–Kier alpha value is -1.06. The number of carbonyl (C=O) groups excluding carboxylic acids is 1. The molecular formula is C16H25ClN2O. The molecule has 0 bridgehead atoms. The Morgan fingerprint density at radius 2 is 2.00 bits per heavy atom. The predicted octanol–water partition coefficient (Wildman–Crippen LogP) is 2.80. The van der Waals surface area contributed by atoms with Gasteiger partial charge in [0, 0.05) is 19.6 Å². The molecule has 1 aliphatic carbocycles. The van der Waals surface area contributed by atoms with Crippen molar-refractivity contribution in [2.45, 2.75) is 32.1 Å². The summed E-state index contributed by atoms with van der Waals surface area (Å²) >= 11 is 0. The van der Waals surface area contributed by atoms with Crippen molar-refractivity contribution in [3.63, 3.8) is 0 Å². The second-order valence-corrected chi connectivity index (χ2v) is 5.43. The van der Waals surface area contributed by atoms with Crippen molar-refractivity contribution in [3.05, 3.63) is 35.9 Å². The van der Waals surface area contributed by atoms with E-state index in [0.29, 0.717) is 6.54 Å². The van der Waals surface area contributed by atoms with Gasteiger partial charge >= 0.3 is 0 Å². The molecule has 1 amide bonds. The van der Waals surface area contributed by atoms with Crippen LogP contribution in [-0.4, -0.2) is 30.4 Å². The molecule has 0 aliphatic heterocycles. The molecule has 0 heterocycles. The minimum Gasteiger partial charge on any atom is -0.342 e. The SMILES string of the molecule is CCCN(CC1CC1)C(=O)C(CN)c1ccccc1.Cl. The smallest absolute Gasteiger partial charge is 0.231 e. The van der Waals surface area contributed by atoms with Gasteiger partial charge in [-0.2, -0.15) is 0 Å². The Morgan fingerprint density at radius 1 is 1.35 bits per heavy atom. The fraction of sp³-hybridized carbons (Fsp3) is 0.562. The topological polar surface area (TPSA) is 46.3 Å². The molecule has 2 rings (SSSR count). The van der Waals surface area contributed by atoms with E-state index in [1.807, 2.05) is 35.2 Å². The fourth-order valence-electron chi connectivity index (χ4n) is 2.46. The van der Waals surface area contributed by atoms with Crippen LogP contribution in [0.2, 0.25) is 0 Å². The summed E-state index contributed by atoms with van der Waals surface area (Å²) in [6.07, 6.45) is 3.54. The highest BCUT2D eigenvalue weighted by molar-refractivity contribution is 5.85. The van der Waals surface area contributed by atoms with Gasteiger partial charge in [0.25, 0.3) is 0 Å². The quantitative estimate of drug-likeness (QED) is 0.841. The van der Waals surface area contributed by atoms with Gasteiger partial charge in [-0.15, -0.1) is 12.4 Å². The molecule has 20 heavy (non-hydrogen) atoms. The predicted molar refractivity (Wildman–Crippen MR) is 85.1 cm³/mol. The Balaban J connectivity index is 0.00000200. The number of hydrogen-bond donors (Lipinski definition) is 1. The van der Waals surface area contributed by atoms with Gasteiger partial charge in [0.1, 0.15) is 0 Å². The van der Waals surface area contributed by atoms with Crippen molar-refractivity contribution in [1.29, 1.82) is 0 Å². The van der Waals surface area contributed by atoms with Crippen LogP contribution in [0.4, 0.5) is 0 Å². The van der Waals surface area contributed by atoms with Crippen LogP contribution in [0, 0.1) is 5.92 Å². The summed E-state index contributed by atoms with van der Waals surface area (Å²) in [6, 6.07) is 9.90. The fourth-order valence-corrected chi connectivity index (χ4v) is 2.46. The van der Waals surface area contributed by atoms with E-state index in [1.165, 1.54) is 12.8 Å². The van der Waals surface area contributed by atoms with Gasteiger partial charge in [0.15, 0.2) is 0 Å². The van der Waals surface area contributed by atoms with E-state index in [4.69, 9.17) is 5.73 Å². The van der Waals surface area contributed by atoms with Crippen LogP contribution < -0.4 is 5.73 Å². The number of carbonyl (C=O) groups is 1. The van der Waals surface area contributed by atoms with Crippen LogP contribution >= 0.6 is 12.4 Å². The zero-order valence-electron chi connectivity index (χ0n) is 12.1. The number of amides is 1. The van der Waals surface area contributed by atoms with Gasteiger partial charge in [-0.3, -0.25) is 4.79 Å². The van der Waals surface area contributed by atoms with Crippen LogP contribution in [0.15, 0.2) is 30.3 Å². The van der Waals surface area contributed by atoms with Gasteiger partial charge in [0.2, 0.25) is 5.91 Å². The van der Waals surface area contributed by atoms with Crippen LogP contribution in [0.25, 0.3) is 0 Å². The monoisotopic (exact) mass is 296 g/mol. The van der Waals surface area contributed by atoms with Crippen LogP contribution in [-0.2, 0) is 4.79 Å². The Labute approximate surface area is 127 Å². The maximum Gasteiger partial charge on any atom is 0.231 e. The van der Waals surface area contributed by atoms with E-state index in [1.54, 1.807) is 0 Å². The zero-order valence-corrected chi connectivity index (χ0v) is 12.9. The zero-order chi connectivity index (χ0) is 13.7. The molecule has 0 radical (unpaired) electrons. The van der Waals surface area contributed by atoms with Crippen molar-refractivity contribution in [1.82, 2.24) is 4.90 Å². The maximum atomic E-state index is 12.7. The summed E-state index contributed by atoms with van der Waals surface area (Å²) in [4.78, 5) is 14.7. The van der Waals surface area contributed by atoms with Crippen molar-refractivity contribution >= 4 is 18.3 Å². The second kappa shape index (κ2) is 8.28. The Morgan fingerprint density at radius 3 is 2.50 bits per heavy atom. The van der Waals surface area contributed by atoms with Crippen molar-refractivity contribution in [2.75, 3.05) is 19.6 Å². The molecule has 0 saturated heterocycles. The molecule has 1 aromatic rings. The van der Waals surface area contributed by atoms with E-state index in [0.717, 1.165) is 31.0 Å². The molecule has 0 aromatic heterocycles. The third kappa shape index (κ3) is 4.50. The summed E-state index contributed by atoms with van der Waals surface area (Å²) in [5.41, 5.74) is 6.87. The molecule has 1 aliphatic rings. The van der Waals surface area contributed by atoms with Gasteiger partial charge < -0.3 is 10.6 Å². The molecule has 1 aromatic carbocycles. The highest BCUT2D eigenvalue weighted by Crippen LogP contribution is 2.30. The lowest BCUT2D eigenvalue weighted by molar-refractivity contribution is -0.132. The number of hydrogen-bond acceptors (Lipinski definition) is 2. The molecule has 1 unspecified atom stereocenters. The molecule has 2 N–H and O–H groups in total. The van der Waals surface area contributed by atoms with Crippen molar-refractivity contribution in [3.8, 4) is 0 Å². The minimum atomic E-state index is -0.188. The Kier molecular flexibility index (Phi) is 7.03. The van der Waals surface area contributed by atoms with Crippen LogP contribution in [0.1, 0.15) is 37.7 Å². The molecule has 4 heteroatoms. The number of nitrogens with two attached hydrogens (primary N) is 1. The van der Waals surface area contributed by atoms with E-state index in [2.05, 4.69) is 6.92 Å². The lowest BCUT2D eigenvalue weighted by atomic mass is 9.97. The largest absolute Gasteiger partial charge is 0.342 e. The molecule has 112 valence electrons. The van der Waals surface area contributed by atoms with E-state index >= 15 is 0 Å². The highest BCUT2D eigenvalue weighted by Gasteiger charge is 2.30. The standard InChI is InChI=1S/C16H24N2O.ClH/c1-2-10-18(12-13-8-9-13)16(19)15(11-17)14-6-4-3-5-7-14;/h3-7,13,15H,2,8-12,17H2,1H3;1H. The molecule has 3 nitrogen and oxygen atoms in total. The summed E-state index contributed by atoms with van der Waals surface area (Å²) < 4.78 is 0. The molecule has 1 atom stereocenters. The lowest BCUT2D eigenvalue weighted by Gasteiger charge is -2.27. The summed E-state index contributed by atoms with van der Waals surface area (Å²) in [6.45, 7) is 4.26. The molecule has 0 spiro atoms. The summed E-state index contributed by atoms with van der Waals surface area (Å²) in [5.74, 6) is 0.735. The maximum absolute atomic E-state index is 12.7. The molecule has 1 fully saturated rings. The van der Waals surface area contributed by atoms with Gasteiger partial charge in [-0.05, 0) is 30.7 Å². The number of halogens is 1. The third-order valence-corrected chi connectivity index (χ3v) is 3.72. The van der Waals surface area contributed by atoms with Gasteiger partial charge in [0.05, 0.1) is 5.92 Å². The second-order valence-electron chi connectivity index (χ2n) is 5.43.